The predicted molar refractivity (Wildman–Crippen MR) is 130 cm³/mol. The summed E-state index contributed by atoms with van der Waals surface area (Å²) in [5.74, 6) is 3.31. The van der Waals surface area contributed by atoms with Crippen LogP contribution in [0.5, 0.6) is 11.5 Å². The topological polar surface area (TPSA) is 57.4 Å². The predicted octanol–water partition coefficient (Wildman–Crippen LogP) is 6.08. The van der Waals surface area contributed by atoms with E-state index in [0.717, 1.165) is 22.7 Å². The molecule has 0 saturated heterocycles. The number of hydrogen-bond acceptors (Lipinski definition) is 5. The summed E-state index contributed by atoms with van der Waals surface area (Å²) in [5, 5.41) is 13.3. The number of halogens is 4. The molecule has 4 N–H and O–H groups in total. The van der Waals surface area contributed by atoms with Gasteiger partial charge < -0.3 is 26.0 Å². The van der Waals surface area contributed by atoms with Gasteiger partial charge in [0.2, 0.25) is 0 Å². The summed E-state index contributed by atoms with van der Waals surface area (Å²) >= 11 is 23.4. The quantitative estimate of drug-likeness (QED) is 0.247. The van der Waals surface area contributed by atoms with Crippen molar-refractivity contribution in [2.45, 2.75) is 0 Å². The van der Waals surface area contributed by atoms with Crippen molar-refractivity contribution in [1.29, 1.82) is 0 Å². The molecule has 0 fully saturated rings. The molecule has 9 heteroatoms. The molecule has 0 aliphatic carbocycles. The van der Waals surface area contributed by atoms with Gasteiger partial charge in [-0.15, -0.1) is 46.4 Å². The van der Waals surface area contributed by atoms with Crippen LogP contribution < -0.4 is 26.0 Å². The fourth-order valence-electron chi connectivity index (χ4n) is 2.72. The Hall–Kier alpha value is -1.40. The second kappa shape index (κ2) is 13.8. The van der Waals surface area contributed by atoms with Gasteiger partial charge in [-0.05, 0) is 24.3 Å². The first-order valence-corrected chi connectivity index (χ1v) is 11.5. The van der Waals surface area contributed by atoms with Crippen LogP contribution in [0.1, 0.15) is 0 Å². The van der Waals surface area contributed by atoms with Crippen molar-refractivity contribution in [1.82, 2.24) is 0 Å². The normalized spacial score (nSPS) is 10.5. The van der Waals surface area contributed by atoms with Crippen LogP contribution in [0, 0.1) is 0 Å². The highest BCUT2D eigenvalue weighted by Gasteiger charge is 2.14. The Morgan fingerprint density at radius 3 is 1.31 bits per heavy atom. The highest BCUT2D eigenvalue weighted by Crippen LogP contribution is 2.40. The summed E-state index contributed by atoms with van der Waals surface area (Å²) in [4.78, 5) is 0. The summed E-state index contributed by atoms with van der Waals surface area (Å²) in [6.45, 7) is 2.49. The lowest BCUT2D eigenvalue weighted by molar-refractivity contribution is 0.486. The first kappa shape index (κ1) is 23.9. The third-order valence-corrected chi connectivity index (χ3v) is 4.64. The molecular weight excluding hydrogens is 454 g/mol. The SMILES string of the molecule is ClCCNc1cccc(Oc2cccc(NCCCl)c2NCCCl)c1NCCCl. The lowest BCUT2D eigenvalue weighted by Gasteiger charge is -2.20. The number of ether oxygens (including phenoxy) is 1. The summed E-state index contributed by atoms with van der Waals surface area (Å²) in [6, 6.07) is 11.6. The number of nitrogens with one attached hydrogen (secondary N) is 4. The third-order valence-electron chi connectivity index (χ3n) is 3.88. The molecule has 0 atom stereocenters. The molecule has 160 valence electrons. The van der Waals surface area contributed by atoms with Crippen molar-refractivity contribution in [2.75, 3.05) is 71.0 Å². The smallest absolute Gasteiger partial charge is 0.152 e. The van der Waals surface area contributed by atoms with Crippen LogP contribution >= 0.6 is 46.4 Å². The molecule has 0 heterocycles. The van der Waals surface area contributed by atoms with Crippen LogP contribution in [0.2, 0.25) is 0 Å². The lowest BCUT2D eigenvalue weighted by atomic mass is 10.2. The zero-order valence-electron chi connectivity index (χ0n) is 16.0. The number of alkyl halides is 4. The van der Waals surface area contributed by atoms with E-state index in [0.29, 0.717) is 61.2 Å². The van der Waals surface area contributed by atoms with Gasteiger partial charge >= 0.3 is 0 Å². The average Bonchev–Trinajstić information content (AvgIpc) is 2.74. The lowest BCUT2D eigenvalue weighted by Crippen LogP contribution is -2.11. The zero-order chi connectivity index (χ0) is 20.9. The van der Waals surface area contributed by atoms with E-state index in [1.165, 1.54) is 0 Å². The third kappa shape index (κ3) is 7.41. The second-order valence-corrected chi connectivity index (χ2v) is 7.43. The molecule has 0 aliphatic heterocycles. The van der Waals surface area contributed by atoms with Crippen LogP contribution in [0.15, 0.2) is 36.4 Å². The second-order valence-electron chi connectivity index (χ2n) is 5.92. The fourth-order valence-corrected chi connectivity index (χ4v) is 3.10. The van der Waals surface area contributed by atoms with E-state index in [1.807, 2.05) is 36.4 Å². The van der Waals surface area contributed by atoms with Gasteiger partial charge in [-0.2, -0.15) is 0 Å². The van der Waals surface area contributed by atoms with Gasteiger partial charge in [0.1, 0.15) is 11.4 Å². The molecule has 0 aliphatic rings. The molecule has 0 spiro atoms. The molecule has 2 rings (SSSR count). The van der Waals surface area contributed by atoms with Crippen molar-refractivity contribution in [3.05, 3.63) is 36.4 Å². The fraction of sp³-hybridized carbons (Fsp3) is 0.400. The summed E-state index contributed by atoms with van der Waals surface area (Å²) < 4.78 is 6.32. The summed E-state index contributed by atoms with van der Waals surface area (Å²) in [6.07, 6.45) is 0. The molecule has 0 unspecified atom stereocenters. The molecule has 2 aromatic carbocycles. The van der Waals surface area contributed by atoms with Gasteiger partial charge in [0.15, 0.2) is 11.5 Å². The van der Waals surface area contributed by atoms with Gasteiger partial charge in [0.25, 0.3) is 0 Å². The van der Waals surface area contributed by atoms with Crippen LogP contribution in [0.4, 0.5) is 22.7 Å². The molecular formula is C20H26Cl4N4O. The number of para-hydroxylation sites is 2. The Bertz CT molecular complexity index is 687. The van der Waals surface area contributed by atoms with Crippen molar-refractivity contribution < 1.29 is 4.74 Å². The number of hydrogen-bond donors (Lipinski definition) is 4. The minimum atomic E-state index is 0.476. The maximum atomic E-state index is 6.32. The van der Waals surface area contributed by atoms with Crippen molar-refractivity contribution in [3.8, 4) is 11.5 Å². The molecule has 0 bridgehead atoms. The van der Waals surface area contributed by atoms with Crippen LogP contribution in [0.25, 0.3) is 0 Å². The maximum absolute atomic E-state index is 6.32. The van der Waals surface area contributed by atoms with Crippen molar-refractivity contribution in [2.24, 2.45) is 0 Å². The van der Waals surface area contributed by atoms with Gasteiger partial charge in [0.05, 0.1) is 11.4 Å². The Morgan fingerprint density at radius 2 is 0.931 bits per heavy atom. The van der Waals surface area contributed by atoms with Gasteiger partial charge in [-0.1, -0.05) is 12.1 Å². The standard InChI is InChI=1S/C20H26Cl4N4O/c21-7-11-25-15-3-1-5-17(19(15)27-13-9-23)29-18-6-2-4-16(26-12-8-22)20(18)28-14-10-24/h1-6,25-28H,7-14H2. The minimum absolute atomic E-state index is 0.476. The van der Waals surface area contributed by atoms with Crippen molar-refractivity contribution in [3.63, 3.8) is 0 Å². The van der Waals surface area contributed by atoms with Crippen LogP contribution in [-0.2, 0) is 0 Å². The molecule has 29 heavy (non-hydrogen) atoms. The summed E-state index contributed by atoms with van der Waals surface area (Å²) in [5.41, 5.74) is 3.47. The molecule has 2 aromatic rings. The van der Waals surface area contributed by atoms with E-state index in [-0.39, 0.29) is 0 Å². The van der Waals surface area contributed by atoms with Gasteiger partial charge in [-0.25, -0.2) is 0 Å². The Labute approximate surface area is 192 Å². The Kier molecular flexibility index (Phi) is 11.3. The largest absolute Gasteiger partial charge is 0.453 e. The van der Waals surface area contributed by atoms with E-state index in [1.54, 1.807) is 0 Å². The number of rotatable bonds is 14. The maximum Gasteiger partial charge on any atom is 0.152 e. The number of benzene rings is 2. The van der Waals surface area contributed by atoms with Crippen LogP contribution in [0.3, 0.4) is 0 Å². The monoisotopic (exact) mass is 478 g/mol. The van der Waals surface area contributed by atoms with Gasteiger partial charge in [0, 0.05) is 49.7 Å². The Morgan fingerprint density at radius 1 is 0.552 bits per heavy atom. The molecule has 0 aromatic heterocycles. The first-order chi connectivity index (χ1) is 14.2. The van der Waals surface area contributed by atoms with Gasteiger partial charge in [-0.3, -0.25) is 0 Å². The van der Waals surface area contributed by atoms with E-state index in [2.05, 4.69) is 21.3 Å². The van der Waals surface area contributed by atoms with Crippen LogP contribution in [-0.4, -0.2) is 49.7 Å². The molecule has 0 saturated carbocycles. The minimum Gasteiger partial charge on any atom is -0.453 e. The summed E-state index contributed by atoms with van der Waals surface area (Å²) in [7, 11) is 0. The molecule has 5 nitrogen and oxygen atoms in total. The molecule has 0 amide bonds. The van der Waals surface area contributed by atoms with E-state index in [9.17, 15) is 0 Å². The highest BCUT2D eigenvalue weighted by atomic mass is 35.5. The first-order valence-electron chi connectivity index (χ1n) is 9.38. The van der Waals surface area contributed by atoms with E-state index >= 15 is 0 Å². The molecule has 0 radical (unpaired) electrons. The van der Waals surface area contributed by atoms with E-state index in [4.69, 9.17) is 51.1 Å². The Balaban J connectivity index is 2.38. The number of anilines is 4. The zero-order valence-corrected chi connectivity index (χ0v) is 19.1. The van der Waals surface area contributed by atoms with Crippen molar-refractivity contribution >= 4 is 69.2 Å². The highest BCUT2D eigenvalue weighted by molar-refractivity contribution is 6.18. The average molecular weight is 480 g/mol. The van der Waals surface area contributed by atoms with E-state index < -0.39 is 0 Å².